The first-order chi connectivity index (χ1) is 13.7. The van der Waals surface area contributed by atoms with Crippen LogP contribution in [-0.4, -0.2) is 17.6 Å². The van der Waals surface area contributed by atoms with E-state index in [0.29, 0.717) is 24.7 Å². The summed E-state index contributed by atoms with van der Waals surface area (Å²) in [6, 6.07) is 20.6. The van der Waals surface area contributed by atoms with Gasteiger partial charge in [-0.2, -0.15) is 0 Å². The number of nitrogens with one attached hydrogen (secondary N) is 2. The van der Waals surface area contributed by atoms with Gasteiger partial charge in [0.25, 0.3) is 0 Å². The summed E-state index contributed by atoms with van der Waals surface area (Å²) in [5, 5.41) is 5.64. The Balaban J connectivity index is 1.60. The fourth-order valence-electron chi connectivity index (χ4n) is 2.52. The van der Waals surface area contributed by atoms with E-state index in [1.54, 1.807) is 6.20 Å². The average molecular weight is 371 g/mol. The molecule has 0 fully saturated rings. The SMILES string of the molecule is CCOc1ncccc1CNC(=O)Nc1cccc(C#Cc2ccccc2)c1. The number of hydrogen-bond acceptors (Lipinski definition) is 3. The number of rotatable bonds is 5. The number of benzene rings is 2. The predicted molar refractivity (Wildman–Crippen MR) is 110 cm³/mol. The van der Waals surface area contributed by atoms with Crippen LogP contribution >= 0.6 is 0 Å². The molecule has 0 saturated carbocycles. The Labute approximate surface area is 164 Å². The van der Waals surface area contributed by atoms with Gasteiger partial charge in [-0.3, -0.25) is 0 Å². The van der Waals surface area contributed by atoms with Gasteiger partial charge in [-0.25, -0.2) is 9.78 Å². The van der Waals surface area contributed by atoms with Crippen molar-refractivity contribution in [3.63, 3.8) is 0 Å². The summed E-state index contributed by atoms with van der Waals surface area (Å²) >= 11 is 0. The zero-order chi connectivity index (χ0) is 19.6. The highest BCUT2D eigenvalue weighted by atomic mass is 16.5. The highest BCUT2D eigenvalue weighted by Crippen LogP contribution is 2.14. The van der Waals surface area contributed by atoms with Gasteiger partial charge in [0.15, 0.2) is 0 Å². The summed E-state index contributed by atoms with van der Waals surface area (Å²) in [7, 11) is 0. The van der Waals surface area contributed by atoms with Crippen LogP contribution < -0.4 is 15.4 Å². The summed E-state index contributed by atoms with van der Waals surface area (Å²) in [5.41, 5.74) is 3.27. The van der Waals surface area contributed by atoms with Crippen LogP contribution in [0.2, 0.25) is 0 Å². The van der Waals surface area contributed by atoms with Gasteiger partial charge >= 0.3 is 6.03 Å². The minimum Gasteiger partial charge on any atom is -0.478 e. The molecule has 0 atom stereocenters. The first kappa shape index (κ1) is 19.0. The molecule has 28 heavy (non-hydrogen) atoms. The second kappa shape index (κ2) is 9.79. The molecule has 2 aromatic carbocycles. The molecule has 0 aliphatic heterocycles. The van der Waals surface area contributed by atoms with E-state index in [9.17, 15) is 4.79 Å². The second-order valence-electron chi connectivity index (χ2n) is 5.91. The van der Waals surface area contributed by atoms with E-state index in [0.717, 1.165) is 16.7 Å². The Hall–Kier alpha value is -3.78. The number of nitrogens with zero attached hydrogens (tertiary/aromatic N) is 1. The molecule has 0 unspecified atom stereocenters. The van der Waals surface area contributed by atoms with Gasteiger partial charge in [-0.15, -0.1) is 0 Å². The van der Waals surface area contributed by atoms with Crippen LogP contribution in [0.5, 0.6) is 5.88 Å². The van der Waals surface area contributed by atoms with E-state index < -0.39 is 0 Å². The van der Waals surface area contributed by atoms with Crippen molar-refractivity contribution in [3.05, 3.63) is 89.6 Å². The highest BCUT2D eigenvalue weighted by molar-refractivity contribution is 5.89. The van der Waals surface area contributed by atoms with Crippen molar-refractivity contribution in [2.45, 2.75) is 13.5 Å². The molecular weight excluding hydrogens is 350 g/mol. The Morgan fingerprint density at radius 3 is 2.61 bits per heavy atom. The van der Waals surface area contributed by atoms with Crippen LogP contribution in [0.3, 0.4) is 0 Å². The molecule has 0 radical (unpaired) electrons. The van der Waals surface area contributed by atoms with Crippen LogP contribution in [0, 0.1) is 11.8 Å². The Bertz CT molecular complexity index is 991. The molecule has 5 heteroatoms. The van der Waals surface area contributed by atoms with E-state index in [-0.39, 0.29) is 6.03 Å². The standard InChI is InChI=1S/C23H21N3O2/c1-2-28-22-20(11-7-15-24-22)17-25-23(27)26-21-12-6-10-19(16-21)14-13-18-8-4-3-5-9-18/h3-12,15-16H,2,17H2,1H3,(H2,25,26,27). The maximum atomic E-state index is 12.2. The Morgan fingerprint density at radius 1 is 1.00 bits per heavy atom. The van der Waals surface area contributed by atoms with Crippen LogP contribution in [0.15, 0.2) is 72.9 Å². The number of urea groups is 1. The van der Waals surface area contributed by atoms with Crippen LogP contribution in [0.4, 0.5) is 10.5 Å². The molecule has 2 amide bonds. The number of carbonyl (C=O) groups is 1. The third kappa shape index (κ3) is 5.61. The number of ether oxygens (including phenoxy) is 1. The second-order valence-corrected chi connectivity index (χ2v) is 5.91. The van der Waals surface area contributed by atoms with Gasteiger partial charge in [0.1, 0.15) is 0 Å². The number of anilines is 1. The molecule has 3 rings (SSSR count). The fourth-order valence-corrected chi connectivity index (χ4v) is 2.52. The van der Waals surface area contributed by atoms with Crippen molar-refractivity contribution in [2.24, 2.45) is 0 Å². The zero-order valence-electron chi connectivity index (χ0n) is 15.6. The van der Waals surface area contributed by atoms with Gasteiger partial charge in [0.05, 0.1) is 6.61 Å². The lowest BCUT2D eigenvalue weighted by Crippen LogP contribution is -2.28. The average Bonchev–Trinajstić information content (AvgIpc) is 2.73. The Morgan fingerprint density at radius 2 is 1.79 bits per heavy atom. The molecule has 2 N–H and O–H groups in total. The number of aromatic nitrogens is 1. The van der Waals surface area contributed by atoms with E-state index >= 15 is 0 Å². The summed E-state index contributed by atoms with van der Waals surface area (Å²) in [5.74, 6) is 6.75. The van der Waals surface area contributed by atoms with Crippen molar-refractivity contribution < 1.29 is 9.53 Å². The third-order valence-corrected chi connectivity index (χ3v) is 3.82. The normalized spacial score (nSPS) is 9.75. The van der Waals surface area contributed by atoms with E-state index in [2.05, 4.69) is 27.5 Å². The summed E-state index contributed by atoms with van der Waals surface area (Å²) in [6.45, 7) is 2.74. The summed E-state index contributed by atoms with van der Waals surface area (Å²) in [6.07, 6.45) is 1.66. The largest absolute Gasteiger partial charge is 0.478 e. The molecule has 0 aliphatic rings. The minimum atomic E-state index is -0.306. The van der Waals surface area contributed by atoms with E-state index in [1.807, 2.05) is 73.7 Å². The Kier molecular flexibility index (Phi) is 6.64. The predicted octanol–water partition coefficient (Wildman–Crippen LogP) is 4.20. The topological polar surface area (TPSA) is 63.2 Å². The van der Waals surface area contributed by atoms with Crippen LogP contribution in [-0.2, 0) is 6.54 Å². The van der Waals surface area contributed by atoms with E-state index in [4.69, 9.17) is 4.74 Å². The van der Waals surface area contributed by atoms with Gasteiger partial charge in [-0.1, -0.05) is 42.2 Å². The number of carbonyl (C=O) groups excluding carboxylic acids is 1. The molecule has 1 aromatic heterocycles. The number of pyridine rings is 1. The molecule has 0 bridgehead atoms. The quantitative estimate of drug-likeness (QED) is 0.661. The van der Waals surface area contributed by atoms with Crippen molar-refractivity contribution in [1.29, 1.82) is 0 Å². The molecule has 0 saturated heterocycles. The lowest BCUT2D eigenvalue weighted by molar-refractivity contribution is 0.251. The molecule has 1 heterocycles. The highest BCUT2D eigenvalue weighted by Gasteiger charge is 2.07. The first-order valence-electron chi connectivity index (χ1n) is 9.03. The minimum absolute atomic E-state index is 0.306. The zero-order valence-corrected chi connectivity index (χ0v) is 15.6. The molecule has 140 valence electrons. The summed E-state index contributed by atoms with van der Waals surface area (Å²) < 4.78 is 5.47. The maximum absolute atomic E-state index is 12.2. The smallest absolute Gasteiger partial charge is 0.319 e. The van der Waals surface area contributed by atoms with Crippen LogP contribution in [0.1, 0.15) is 23.6 Å². The van der Waals surface area contributed by atoms with Crippen LogP contribution in [0.25, 0.3) is 0 Å². The van der Waals surface area contributed by atoms with Crippen molar-refractivity contribution in [1.82, 2.24) is 10.3 Å². The molecule has 0 spiro atoms. The van der Waals surface area contributed by atoms with Gasteiger partial charge in [-0.05, 0) is 43.3 Å². The van der Waals surface area contributed by atoms with Crippen molar-refractivity contribution in [3.8, 4) is 17.7 Å². The van der Waals surface area contributed by atoms with Gasteiger partial charge in [0, 0.05) is 35.1 Å². The monoisotopic (exact) mass is 371 g/mol. The van der Waals surface area contributed by atoms with E-state index in [1.165, 1.54) is 0 Å². The lowest BCUT2D eigenvalue weighted by Gasteiger charge is -2.11. The third-order valence-electron chi connectivity index (χ3n) is 3.82. The van der Waals surface area contributed by atoms with Crippen molar-refractivity contribution >= 4 is 11.7 Å². The number of hydrogen-bond donors (Lipinski definition) is 2. The molecule has 5 nitrogen and oxygen atoms in total. The molecule has 3 aromatic rings. The molecular formula is C23H21N3O2. The lowest BCUT2D eigenvalue weighted by atomic mass is 10.1. The molecule has 0 aliphatic carbocycles. The summed E-state index contributed by atoms with van der Waals surface area (Å²) in [4.78, 5) is 16.4. The maximum Gasteiger partial charge on any atom is 0.319 e. The van der Waals surface area contributed by atoms with Gasteiger partial charge < -0.3 is 15.4 Å². The first-order valence-corrected chi connectivity index (χ1v) is 9.03. The van der Waals surface area contributed by atoms with Crippen molar-refractivity contribution in [2.75, 3.05) is 11.9 Å². The van der Waals surface area contributed by atoms with Gasteiger partial charge in [0.2, 0.25) is 5.88 Å². The number of amides is 2. The fraction of sp³-hybridized carbons (Fsp3) is 0.130.